The van der Waals surface area contributed by atoms with Crippen molar-refractivity contribution >= 4 is 0 Å². The van der Waals surface area contributed by atoms with Crippen LogP contribution in [0.4, 0.5) is 0 Å². The van der Waals surface area contributed by atoms with Gasteiger partial charge in [0.25, 0.3) is 0 Å². The number of nitrogens with one attached hydrogen (secondary N) is 1. The van der Waals surface area contributed by atoms with Gasteiger partial charge in [-0.1, -0.05) is 19.9 Å². The van der Waals surface area contributed by atoms with Crippen LogP contribution < -0.4 is 10.1 Å². The average Bonchev–Trinajstić information content (AvgIpc) is 2.52. The molecule has 4 nitrogen and oxygen atoms in total. The van der Waals surface area contributed by atoms with Gasteiger partial charge in [-0.15, -0.1) is 0 Å². The molecule has 1 heterocycles. The van der Waals surface area contributed by atoms with Crippen molar-refractivity contribution in [3.63, 3.8) is 0 Å². The first-order valence-electron chi connectivity index (χ1n) is 7.77. The normalized spacial score (nSPS) is 16.4. The highest BCUT2D eigenvalue weighted by atomic mass is 16.5. The highest BCUT2D eigenvalue weighted by Crippen LogP contribution is 2.23. The van der Waals surface area contributed by atoms with E-state index < -0.39 is 0 Å². The van der Waals surface area contributed by atoms with E-state index in [0.29, 0.717) is 18.8 Å². The Morgan fingerprint density at radius 3 is 2.71 bits per heavy atom. The minimum atomic E-state index is 0.306. The minimum absolute atomic E-state index is 0.306. The topological polar surface area (TPSA) is 39.7 Å². The van der Waals surface area contributed by atoms with Gasteiger partial charge in [-0.25, -0.2) is 0 Å². The molecule has 0 amide bonds. The van der Waals surface area contributed by atoms with Crippen molar-refractivity contribution in [3.05, 3.63) is 29.3 Å². The Labute approximate surface area is 127 Å². The SMILES string of the molecule is COc1ccc(CNC(C)C)cc1COC1CCOCC1. The van der Waals surface area contributed by atoms with Gasteiger partial charge < -0.3 is 19.5 Å². The summed E-state index contributed by atoms with van der Waals surface area (Å²) in [4.78, 5) is 0. The van der Waals surface area contributed by atoms with Crippen LogP contribution in [0.15, 0.2) is 18.2 Å². The van der Waals surface area contributed by atoms with Gasteiger partial charge in [0.05, 0.1) is 19.8 Å². The van der Waals surface area contributed by atoms with Gasteiger partial charge in [0.2, 0.25) is 0 Å². The Morgan fingerprint density at radius 1 is 1.29 bits per heavy atom. The summed E-state index contributed by atoms with van der Waals surface area (Å²) >= 11 is 0. The van der Waals surface area contributed by atoms with Crippen LogP contribution in [0.25, 0.3) is 0 Å². The quantitative estimate of drug-likeness (QED) is 0.839. The Morgan fingerprint density at radius 2 is 2.05 bits per heavy atom. The van der Waals surface area contributed by atoms with Crippen LogP contribution in [-0.4, -0.2) is 32.5 Å². The van der Waals surface area contributed by atoms with E-state index in [1.807, 2.05) is 6.07 Å². The molecule has 1 aliphatic rings. The van der Waals surface area contributed by atoms with Crippen LogP contribution in [0.2, 0.25) is 0 Å². The van der Waals surface area contributed by atoms with E-state index in [9.17, 15) is 0 Å². The van der Waals surface area contributed by atoms with E-state index in [4.69, 9.17) is 14.2 Å². The van der Waals surface area contributed by atoms with Crippen LogP contribution >= 0.6 is 0 Å². The lowest BCUT2D eigenvalue weighted by atomic mass is 10.1. The summed E-state index contributed by atoms with van der Waals surface area (Å²) in [6.45, 7) is 7.38. The molecule has 0 atom stereocenters. The maximum atomic E-state index is 6.01. The highest BCUT2D eigenvalue weighted by molar-refractivity contribution is 5.37. The van der Waals surface area contributed by atoms with Crippen LogP contribution in [0.1, 0.15) is 37.8 Å². The average molecular weight is 293 g/mol. The number of hydrogen-bond acceptors (Lipinski definition) is 4. The number of rotatable bonds is 7. The predicted octanol–water partition coefficient (Wildman–Crippen LogP) is 2.89. The Kier molecular flexibility index (Phi) is 6.49. The van der Waals surface area contributed by atoms with E-state index in [-0.39, 0.29) is 0 Å². The summed E-state index contributed by atoms with van der Waals surface area (Å²) in [6, 6.07) is 6.79. The molecule has 1 fully saturated rings. The number of ether oxygens (including phenoxy) is 3. The Bertz CT molecular complexity index is 428. The molecular formula is C17H27NO3. The molecule has 4 heteroatoms. The van der Waals surface area contributed by atoms with Crippen LogP contribution in [0.3, 0.4) is 0 Å². The van der Waals surface area contributed by atoms with Crippen molar-refractivity contribution in [3.8, 4) is 5.75 Å². The van der Waals surface area contributed by atoms with Crippen LogP contribution in [-0.2, 0) is 22.6 Å². The molecule has 1 N–H and O–H groups in total. The molecule has 0 spiro atoms. The Balaban J connectivity index is 1.96. The number of hydrogen-bond donors (Lipinski definition) is 1. The zero-order chi connectivity index (χ0) is 15.1. The molecule has 0 aliphatic carbocycles. The third-order valence-corrected chi connectivity index (χ3v) is 3.70. The fraction of sp³-hybridized carbons (Fsp3) is 0.647. The van der Waals surface area contributed by atoms with Crippen molar-refractivity contribution in [1.29, 1.82) is 0 Å². The van der Waals surface area contributed by atoms with Gasteiger partial charge in [-0.2, -0.15) is 0 Å². The third kappa shape index (κ3) is 5.30. The maximum Gasteiger partial charge on any atom is 0.124 e. The fourth-order valence-electron chi connectivity index (χ4n) is 2.43. The van der Waals surface area contributed by atoms with Crippen LogP contribution in [0.5, 0.6) is 5.75 Å². The molecule has 118 valence electrons. The van der Waals surface area contributed by atoms with Crippen molar-refractivity contribution in [1.82, 2.24) is 5.32 Å². The largest absolute Gasteiger partial charge is 0.496 e. The van der Waals surface area contributed by atoms with Gasteiger partial charge in [-0.3, -0.25) is 0 Å². The summed E-state index contributed by atoms with van der Waals surface area (Å²) in [7, 11) is 1.71. The molecule has 0 unspecified atom stereocenters. The molecule has 1 saturated heterocycles. The summed E-state index contributed by atoms with van der Waals surface area (Å²) in [5, 5.41) is 3.43. The highest BCUT2D eigenvalue weighted by Gasteiger charge is 2.15. The second-order valence-corrected chi connectivity index (χ2v) is 5.80. The van der Waals surface area contributed by atoms with Gasteiger partial charge in [0, 0.05) is 31.4 Å². The summed E-state index contributed by atoms with van der Waals surface area (Å²) < 4.78 is 16.8. The van der Waals surface area contributed by atoms with Crippen LogP contribution in [0, 0.1) is 0 Å². The first-order chi connectivity index (χ1) is 10.2. The lowest BCUT2D eigenvalue weighted by molar-refractivity contribution is -0.0394. The maximum absolute atomic E-state index is 6.01. The molecular weight excluding hydrogens is 266 g/mol. The molecule has 0 saturated carbocycles. The standard InChI is InChI=1S/C17H27NO3/c1-13(2)18-11-14-4-5-17(19-3)15(10-14)12-21-16-6-8-20-9-7-16/h4-5,10,13,16,18H,6-9,11-12H2,1-3H3. The van der Waals surface area contributed by atoms with E-state index in [0.717, 1.165) is 43.9 Å². The smallest absolute Gasteiger partial charge is 0.124 e. The lowest BCUT2D eigenvalue weighted by Gasteiger charge is -2.23. The molecule has 0 radical (unpaired) electrons. The molecule has 1 aromatic carbocycles. The van der Waals surface area contributed by atoms with Crippen molar-refractivity contribution < 1.29 is 14.2 Å². The van der Waals surface area contributed by atoms with E-state index in [2.05, 4.69) is 31.3 Å². The molecule has 0 aromatic heterocycles. The predicted molar refractivity (Wildman–Crippen MR) is 83.6 cm³/mol. The minimum Gasteiger partial charge on any atom is -0.496 e. The van der Waals surface area contributed by atoms with E-state index in [1.54, 1.807) is 7.11 Å². The molecule has 21 heavy (non-hydrogen) atoms. The summed E-state index contributed by atoms with van der Waals surface area (Å²) in [6.07, 6.45) is 2.27. The van der Waals surface area contributed by atoms with Gasteiger partial charge in [0.1, 0.15) is 5.75 Å². The lowest BCUT2D eigenvalue weighted by Crippen LogP contribution is -2.23. The zero-order valence-electron chi connectivity index (χ0n) is 13.4. The third-order valence-electron chi connectivity index (χ3n) is 3.70. The van der Waals surface area contributed by atoms with E-state index >= 15 is 0 Å². The molecule has 0 bridgehead atoms. The van der Waals surface area contributed by atoms with Crippen molar-refractivity contribution in [2.45, 2.75) is 52.0 Å². The molecule has 1 aromatic rings. The van der Waals surface area contributed by atoms with Gasteiger partial charge >= 0.3 is 0 Å². The first kappa shape index (κ1) is 16.3. The van der Waals surface area contributed by atoms with E-state index in [1.165, 1.54) is 5.56 Å². The van der Waals surface area contributed by atoms with Gasteiger partial charge in [-0.05, 0) is 30.5 Å². The summed E-state index contributed by atoms with van der Waals surface area (Å²) in [5.41, 5.74) is 2.38. The monoisotopic (exact) mass is 293 g/mol. The van der Waals surface area contributed by atoms with Gasteiger partial charge in [0.15, 0.2) is 0 Å². The second-order valence-electron chi connectivity index (χ2n) is 5.80. The zero-order valence-corrected chi connectivity index (χ0v) is 13.4. The first-order valence-corrected chi connectivity index (χ1v) is 7.77. The fourth-order valence-corrected chi connectivity index (χ4v) is 2.43. The Hall–Kier alpha value is -1.10. The second kappa shape index (κ2) is 8.37. The van der Waals surface area contributed by atoms with Crippen molar-refractivity contribution in [2.75, 3.05) is 20.3 Å². The molecule has 1 aliphatic heterocycles. The summed E-state index contributed by atoms with van der Waals surface area (Å²) in [5.74, 6) is 0.898. The number of methoxy groups -OCH3 is 1. The number of benzene rings is 1. The molecule has 2 rings (SSSR count). The van der Waals surface area contributed by atoms with Crippen molar-refractivity contribution in [2.24, 2.45) is 0 Å².